The molecule has 29 heavy (non-hydrogen) atoms. The summed E-state index contributed by atoms with van der Waals surface area (Å²) in [6, 6.07) is 11.9. The average Bonchev–Trinajstić information content (AvgIpc) is 3.28. The van der Waals surface area contributed by atoms with E-state index in [0.717, 1.165) is 36.7 Å². The second-order valence-corrected chi connectivity index (χ2v) is 6.55. The summed E-state index contributed by atoms with van der Waals surface area (Å²) in [6.07, 6.45) is 2.58. The number of ether oxygens (including phenoxy) is 2. The number of nitrogens with zero attached hydrogens (tertiary/aromatic N) is 2. The van der Waals surface area contributed by atoms with Crippen LogP contribution in [-0.2, 0) is 4.74 Å². The SMILES string of the molecule is CCN(CC)C(CNC(=NC)Nc1cccc(OCCCOC)c1)c1ccco1. The van der Waals surface area contributed by atoms with Crippen LogP contribution in [0.15, 0.2) is 52.1 Å². The van der Waals surface area contributed by atoms with Gasteiger partial charge in [0.2, 0.25) is 0 Å². The molecule has 0 radical (unpaired) electrons. The summed E-state index contributed by atoms with van der Waals surface area (Å²) in [5, 5.41) is 6.75. The lowest BCUT2D eigenvalue weighted by Gasteiger charge is -2.28. The first-order valence-electron chi connectivity index (χ1n) is 10.2. The van der Waals surface area contributed by atoms with E-state index < -0.39 is 0 Å². The largest absolute Gasteiger partial charge is 0.493 e. The number of nitrogens with one attached hydrogen (secondary N) is 2. The minimum atomic E-state index is 0.133. The maximum Gasteiger partial charge on any atom is 0.195 e. The Kier molecular flexibility index (Phi) is 10.1. The number of furan rings is 1. The van der Waals surface area contributed by atoms with Gasteiger partial charge < -0.3 is 24.5 Å². The molecule has 1 heterocycles. The second kappa shape index (κ2) is 12.9. The molecule has 0 bridgehead atoms. The lowest BCUT2D eigenvalue weighted by molar-refractivity contribution is 0.172. The Bertz CT molecular complexity index is 715. The standard InChI is InChI=1S/C22H34N4O3/c1-5-26(6-2)20(21-12-8-14-29-21)17-24-22(23-3)25-18-10-7-11-19(16-18)28-15-9-13-27-4/h7-8,10-12,14,16,20H,5-6,9,13,15,17H2,1-4H3,(H2,23,24,25). The van der Waals surface area contributed by atoms with Crippen molar-refractivity contribution < 1.29 is 13.9 Å². The number of anilines is 1. The Morgan fingerprint density at radius 2 is 2.00 bits per heavy atom. The van der Waals surface area contributed by atoms with Gasteiger partial charge in [-0.05, 0) is 37.4 Å². The van der Waals surface area contributed by atoms with Gasteiger partial charge in [0.05, 0.1) is 18.9 Å². The number of rotatable bonds is 12. The summed E-state index contributed by atoms with van der Waals surface area (Å²) in [5.41, 5.74) is 0.916. The van der Waals surface area contributed by atoms with E-state index in [9.17, 15) is 0 Å². The molecule has 0 aliphatic heterocycles. The van der Waals surface area contributed by atoms with Gasteiger partial charge in [0, 0.05) is 45.5 Å². The van der Waals surface area contributed by atoms with Crippen molar-refractivity contribution >= 4 is 11.6 Å². The van der Waals surface area contributed by atoms with Gasteiger partial charge in [0.15, 0.2) is 5.96 Å². The fourth-order valence-electron chi connectivity index (χ4n) is 3.12. The van der Waals surface area contributed by atoms with Gasteiger partial charge in [-0.1, -0.05) is 19.9 Å². The van der Waals surface area contributed by atoms with Crippen LogP contribution in [0.5, 0.6) is 5.75 Å². The van der Waals surface area contributed by atoms with Crippen LogP contribution in [0.25, 0.3) is 0 Å². The molecule has 0 saturated carbocycles. The third-order valence-electron chi connectivity index (χ3n) is 4.67. The smallest absolute Gasteiger partial charge is 0.195 e. The first-order chi connectivity index (χ1) is 14.2. The predicted molar refractivity (Wildman–Crippen MR) is 118 cm³/mol. The molecule has 2 rings (SSSR count). The van der Waals surface area contributed by atoms with E-state index in [1.807, 2.05) is 36.4 Å². The van der Waals surface area contributed by atoms with Crippen molar-refractivity contribution in [2.45, 2.75) is 26.3 Å². The molecule has 1 aromatic carbocycles. The molecule has 7 nitrogen and oxygen atoms in total. The third kappa shape index (κ3) is 7.44. The van der Waals surface area contributed by atoms with Crippen LogP contribution in [0, 0.1) is 0 Å². The van der Waals surface area contributed by atoms with Gasteiger partial charge in [-0.3, -0.25) is 9.89 Å². The molecule has 2 N–H and O–H groups in total. The summed E-state index contributed by atoms with van der Waals surface area (Å²) in [5.74, 6) is 2.46. The zero-order chi connectivity index (χ0) is 20.9. The first-order valence-corrected chi connectivity index (χ1v) is 10.2. The minimum absolute atomic E-state index is 0.133. The van der Waals surface area contributed by atoms with E-state index in [0.29, 0.717) is 25.7 Å². The van der Waals surface area contributed by atoms with Gasteiger partial charge in [0.1, 0.15) is 11.5 Å². The highest BCUT2D eigenvalue weighted by atomic mass is 16.5. The van der Waals surface area contributed by atoms with E-state index >= 15 is 0 Å². The van der Waals surface area contributed by atoms with E-state index in [-0.39, 0.29) is 6.04 Å². The fraction of sp³-hybridized carbons (Fsp3) is 0.500. The van der Waals surface area contributed by atoms with Crippen molar-refractivity contribution in [2.75, 3.05) is 52.3 Å². The van der Waals surface area contributed by atoms with Crippen molar-refractivity contribution in [3.8, 4) is 5.75 Å². The number of benzene rings is 1. The maximum atomic E-state index is 5.77. The lowest BCUT2D eigenvalue weighted by atomic mass is 10.2. The first kappa shape index (κ1) is 22.8. The molecular formula is C22H34N4O3. The molecule has 1 unspecified atom stereocenters. The fourth-order valence-corrected chi connectivity index (χ4v) is 3.12. The van der Waals surface area contributed by atoms with Crippen molar-refractivity contribution in [1.29, 1.82) is 0 Å². The number of hydrogen-bond donors (Lipinski definition) is 2. The van der Waals surface area contributed by atoms with Crippen LogP contribution in [0.3, 0.4) is 0 Å². The van der Waals surface area contributed by atoms with Gasteiger partial charge in [0.25, 0.3) is 0 Å². The Morgan fingerprint density at radius 1 is 1.17 bits per heavy atom. The summed E-state index contributed by atoms with van der Waals surface area (Å²) >= 11 is 0. The Labute approximate surface area is 174 Å². The maximum absolute atomic E-state index is 5.77. The molecule has 0 amide bonds. The van der Waals surface area contributed by atoms with Gasteiger partial charge in [-0.2, -0.15) is 0 Å². The summed E-state index contributed by atoms with van der Waals surface area (Å²) < 4.78 is 16.5. The lowest BCUT2D eigenvalue weighted by Crippen LogP contribution is -2.40. The molecule has 2 aromatic rings. The van der Waals surface area contributed by atoms with Gasteiger partial charge in [-0.15, -0.1) is 0 Å². The highest BCUT2D eigenvalue weighted by Gasteiger charge is 2.20. The van der Waals surface area contributed by atoms with Gasteiger partial charge >= 0.3 is 0 Å². The molecule has 0 aliphatic rings. The van der Waals surface area contributed by atoms with E-state index in [4.69, 9.17) is 13.9 Å². The highest BCUT2D eigenvalue weighted by molar-refractivity contribution is 5.93. The minimum Gasteiger partial charge on any atom is -0.493 e. The number of methoxy groups -OCH3 is 1. The summed E-state index contributed by atoms with van der Waals surface area (Å²) in [4.78, 5) is 6.71. The monoisotopic (exact) mass is 402 g/mol. The number of hydrogen-bond acceptors (Lipinski definition) is 5. The molecule has 0 aliphatic carbocycles. The number of guanidine groups is 1. The van der Waals surface area contributed by atoms with Gasteiger partial charge in [-0.25, -0.2) is 0 Å². The van der Waals surface area contributed by atoms with Crippen LogP contribution in [-0.4, -0.2) is 57.9 Å². The molecule has 1 atom stereocenters. The normalized spacial score (nSPS) is 12.8. The van der Waals surface area contributed by atoms with Crippen molar-refractivity contribution in [3.63, 3.8) is 0 Å². The molecule has 0 fully saturated rings. The quantitative estimate of drug-likeness (QED) is 0.320. The highest BCUT2D eigenvalue weighted by Crippen LogP contribution is 2.21. The van der Waals surface area contributed by atoms with Crippen LogP contribution in [0.2, 0.25) is 0 Å². The molecule has 7 heteroatoms. The van der Waals surface area contributed by atoms with Crippen molar-refractivity contribution in [2.24, 2.45) is 4.99 Å². The molecule has 1 aromatic heterocycles. The molecule has 160 valence electrons. The van der Waals surface area contributed by atoms with E-state index in [1.54, 1.807) is 20.4 Å². The van der Waals surface area contributed by atoms with Crippen molar-refractivity contribution in [1.82, 2.24) is 10.2 Å². The van der Waals surface area contributed by atoms with E-state index in [2.05, 4.69) is 34.4 Å². The summed E-state index contributed by atoms with van der Waals surface area (Å²) in [7, 11) is 3.46. The zero-order valence-electron chi connectivity index (χ0n) is 18.0. The predicted octanol–water partition coefficient (Wildman–Crippen LogP) is 3.77. The third-order valence-corrected chi connectivity index (χ3v) is 4.67. The van der Waals surface area contributed by atoms with Crippen molar-refractivity contribution in [3.05, 3.63) is 48.4 Å². The van der Waals surface area contributed by atoms with Crippen LogP contribution < -0.4 is 15.4 Å². The number of aliphatic imine (C=N–C) groups is 1. The molecule has 0 spiro atoms. The number of likely N-dealkylation sites (N-methyl/N-ethyl adjacent to an activating group) is 1. The Balaban J connectivity index is 1.96. The van der Waals surface area contributed by atoms with Crippen LogP contribution >= 0.6 is 0 Å². The molecular weight excluding hydrogens is 368 g/mol. The average molecular weight is 403 g/mol. The topological polar surface area (TPSA) is 71.3 Å². The Hall–Kier alpha value is -2.51. The molecule has 0 saturated heterocycles. The zero-order valence-corrected chi connectivity index (χ0v) is 18.0. The van der Waals surface area contributed by atoms with E-state index in [1.165, 1.54) is 0 Å². The van der Waals surface area contributed by atoms with Crippen LogP contribution in [0.1, 0.15) is 32.1 Å². The summed E-state index contributed by atoms with van der Waals surface area (Å²) in [6.45, 7) is 8.20. The second-order valence-electron chi connectivity index (χ2n) is 6.55. The van der Waals surface area contributed by atoms with Crippen LogP contribution in [0.4, 0.5) is 5.69 Å². The Morgan fingerprint density at radius 3 is 2.66 bits per heavy atom.